The largest absolute Gasteiger partial charge is 0.453 e. The molecule has 65 heavy (non-hydrogen) atoms. The topological polar surface area (TPSA) is 59.8 Å². The summed E-state index contributed by atoms with van der Waals surface area (Å²) in [5.41, 5.74) is 11.4. The maximum Gasteiger partial charge on any atom is 0.160 e. The van der Waals surface area contributed by atoms with Crippen molar-refractivity contribution in [2.24, 2.45) is 9.98 Å². The van der Waals surface area contributed by atoms with Gasteiger partial charge in [0.25, 0.3) is 0 Å². The second-order valence-electron chi connectivity index (χ2n) is 17.0. The average Bonchev–Trinajstić information content (AvgIpc) is 4.03. The van der Waals surface area contributed by atoms with Crippen molar-refractivity contribution in [1.82, 2.24) is 14.5 Å². The molecule has 1 atom stereocenters. The molecule has 1 aliphatic heterocycles. The van der Waals surface area contributed by atoms with Crippen molar-refractivity contribution in [2.45, 2.75) is 6.17 Å². The van der Waals surface area contributed by atoms with Gasteiger partial charge in [-0.3, -0.25) is 0 Å². The van der Waals surface area contributed by atoms with Crippen molar-refractivity contribution in [2.75, 3.05) is 0 Å². The Hall–Kier alpha value is -8.74. The lowest BCUT2D eigenvalue weighted by atomic mass is 9.98. The van der Waals surface area contributed by atoms with Gasteiger partial charge in [-0.05, 0) is 76.3 Å². The van der Waals surface area contributed by atoms with E-state index in [0.29, 0.717) is 5.84 Å². The van der Waals surface area contributed by atoms with Crippen molar-refractivity contribution >= 4 is 98.8 Å². The number of furan rings is 1. The summed E-state index contributed by atoms with van der Waals surface area (Å²) in [5.74, 6) is 1.45. The zero-order chi connectivity index (χ0) is 42.6. The summed E-state index contributed by atoms with van der Waals surface area (Å²) in [6.45, 7) is 0. The first-order valence-corrected chi connectivity index (χ1v) is 22.1. The molecule has 3 aromatic heterocycles. The van der Waals surface area contributed by atoms with Gasteiger partial charge in [-0.15, -0.1) is 0 Å². The number of para-hydroxylation sites is 4. The Balaban J connectivity index is 1.02. The van der Waals surface area contributed by atoms with Gasteiger partial charge in [-0.2, -0.15) is 0 Å². The van der Waals surface area contributed by atoms with Crippen LogP contribution < -0.4 is 5.32 Å². The number of aliphatic imine (C=N–C) groups is 2. The molecule has 0 saturated heterocycles. The van der Waals surface area contributed by atoms with Crippen LogP contribution >= 0.6 is 0 Å². The van der Waals surface area contributed by atoms with Crippen LogP contribution in [0.3, 0.4) is 0 Å². The molecule has 304 valence electrons. The number of amidine groups is 2. The summed E-state index contributed by atoms with van der Waals surface area (Å²) in [6, 6.07) is 75.5. The van der Waals surface area contributed by atoms with Crippen LogP contribution in [0.2, 0.25) is 0 Å². The molecule has 4 heterocycles. The van der Waals surface area contributed by atoms with Crippen molar-refractivity contribution in [3.05, 3.63) is 229 Å². The average molecular weight is 832 g/mol. The third-order valence-corrected chi connectivity index (χ3v) is 13.3. The number of benzene rings is 10. The van der Waals surface area contributed by atoms with Crippen LogP contribution in [0.25, 0.3) is 98.5 Å². The molecule has 14 rings (SSSR count). The summed E-state index contributed by atoms with van der Waals surface area (Å²) in [7, 11) is 0. The first-order valence-electron chi connectivity index (χ1n) is 22.1. The van der Waals surface area contributed by atoms with E-state index in [4.69, 9.17) is 14.4 Å². The summed E-state index contributed by atoms with van der Waals surface area (Å²) in [5, 5.41) is 15.0. The number of aromatic nitrogens is 2. The zero-order valence-corrected chi connectivity index (χ0v) is 35.0. The SMILES string of the molecule is c1ccc(C2=NC(c3cc4c5cccc(-n6c7ccccc7c7cc8c9ccccc9n(-c9ccccc9)c8cc76)c5oc4c4ccccc34)=NC(c3ccc4ccccc4c3)N2)cc1. The molecule has 0 bridgehead atoms. The number of nitrogens with zero attached hydrogens (tertiary/aromatic N) is 4. The number of rotatable bonds is 5. The highest BCUT2D eigenvalue weighted by atomic mass is 16.3. The van der Waals surface area contributed by atoms with Crippen molar-refractivity contribution in [3.63, 3.8) is 0 Å². The molecular weight excluding hydrogens is 795 g/mol. The van der Waals surface area contributed by atoms with Gasteiger partial charge in [0.1, 0.15) is 17.6 Å². The first kappa shape index (κ1) is 35.8. The van der Waals surface area contributed by atoms with Crippen molar-refractivity contribution in [1.29, 1.82) is 0 Å². The fourth-order valence-electron chi connectivity index (χ4n) is 10.4. The fraction of sp³-hybridized carbons (Fsp3) is 0.0169. The maximum atomic E-state index is 7.20. The van der Waals surface area contributed by atoms with E-state index in [1.54, 1.807) is 0 Å². The predicted octanol–water partition coefficient (Wildman–Crippen LogP) is 14.6. The predicted molar refractivity (Wildman–Crippen MR) is 269 cm³/mol. The van der Waals surface area contributed by atoms with Gasteiger partial charge < -0.3 is 18.9 Å². The minimum Gasteiger partial charge on any atom is -0.453 e. The van der Waals surface area contributed by atoms with E-state index in [1.807, 2.05) is 6.07 Å². The molecule has 1 unspecified atom stereocenters. The van der Waals surface area contributed by atoms with E-state index in [1.165, 1.54) is 37.8 Å². The lowest BCUT2D eigenvalue weighted by Crippen LogP contribution is -2.33. The molecule has 0 fully saturated rings. The Kier molecular flexibility index (Phi) is 7.65. The number of fused-ring (bicyclic) bond motifs is 12. The fourth-order valence-corrected chi connectivity index (χ4v) is 10.4. The Morgan fingerprint density at radius 1 is 0.415 bits per heavy atom. The van der Waals surface area contributed by atoms with Crippen LogP contribution in [0.1, 0.15) is 22.9 Å². The first-order chi connectivity index (χ1) is 32.2. The highest BCUT2D eigenvalue weighted by molar-refractivity contribution is 6.25. The van der Waals surface area contributed by atoms with Crippen LogP contribution in [0.5, 0.6) is 0 Å². The highest BCUT2D eigenvalue weighted by Crippen LogP contribution is 2.44. The summed E-state index contributed by atoms with van der Waals surface area (Å²) >= 11 is 0. The second kappa shape index (κ2) is 13.9. The van der Waals surface area contributed by atoms with Crippen LogP contribution in [0, 0.1) is 0 Å². The Labute approximate surface area is 372 Å². The molecule has 0 amide bonds. The van der Waals surface area contributed by atoms with Gasteiger partial charge in [0.05, 0.1) is 27.8 Å². The van der Waals surface area contributed by atoms with Gasteiger partial charge in [-0.25, -0.2) is 9.98 Å². The van der Waals surface area contributed by atoms with Gasteiger partial charge in [0, 0.05) is 54.5 Å². The molecular formula is C59H37N5O. The van der Waals surface area contributed by atoms with E-state index in [0.717, 1.165) is 83.2 Å². The lowest BCUT2D eigenvalue weighted by molar-refractivity contribution is 0.670. The van der Waals surface area contributed by atoms with E-state index >= 15 is 0 Å². The molecule has 10 aromatic carbocycles. The zero-order valence-electron chi connectivity index (χ0n) is 35.0. The Bertz CT molecular complexity index is 4150. The van der Waals surface area contributed by atoms with Gasteiger partial charge >= 0.3 is 0 Å². The third kappa shape index (κ3) is 5.41. The molecule has 0 saturated carbocycles. The lowest BCUT2D eigenvalue weighted by Gasteiger charge is -2.24. The normalized spacial score (nSPS) is 14.3. The van der Waals surface area contributed by atoms with Crippen molar-refractivity contribution < 1.29 is 4.42 Å². The number of hydrogen-bond acceptors (Lipinski definition) is 4. The molecule has 1 aliphatic rings. The highest BCUT2D eigenvalue weighted by Gasteiger charge is 2.26. The maximum absolute atomic E-state index is 7.20. The summed E-state index contributed by atoms with van der Waals surface area (Å²) in [6.07, 6.45) is -0.355. The smallest absolute Gasteiger partial charge is 0.160 e. The Morgan fingerprint density at radius 2 is 1.03 bits per heavy atom. The standard InChI is InChI=1S/C59H37N5O/c1-3-17-37(18-4-1)57-60-58(39-31-30-36-16-7-8-19-38(36)32-39)62-59(61-57)49-34-48-45-26-15-29-52(56(45)65-55(48)44-25-10-9-22-41(44)49)64-51-28-14-12-24-43(51)47-33-46-42-23-11-13-27-50(42)63(53(46)35-54(47)64)40-20-5-2-6-21-40/h1-35,58H,(H,60,61,62). The summed E-state index contributed by atoms with van der Waals surface area (Å²) < 4.78 is 12.0. The van der Waals surface area contributed by atoms with E-state index < -0.39 is 0 Å². The van der Waals surface area contributed by atoms with E-state index in [-0.39, 0.29) is 6.17 Å². The molecule has 13 aromatic rings. The van der Waals surface area contributed by atoms with E-state index in [2.05, 4.69) is 221 Å². The molecule has 1 N–H and O–H groups in total. The van der Waals surface area contributed by atoms with Crippen molar-refractivity contribution in [3.8, 4) is 11.4 Å². The molecule has 0 radical (unpaired) electrons. The van der Waals surface area contributed by atoms with Gasteiger partial charge in [0.2, 0.25) is 0 Å². The number of nitrogens with one attached hydrogen (secondary N) is 1. The minimum atomic E-state index is -0.355. The Morgan fingerprint density at radius 3 is 1.82 bits per heavy atom. The minimum absolute atomic E-state index is 0.355. The third-order valence-electron chi connectivity index (χ3n) is 13.3. The molecule has 6 heteroatoms. The molecule has 0 spiro atoms. The van der Waals surface area contributed by atoms with Gasteiger partial charge in [-0.1, -0.05) is 158 Å². The van der Waals surface area contributed by atoms with Crippen LogP contribution in [-0.4, -0.2) is 20.8 Å². The molecule has 0 aliphatic carbocycles. The monoisotopic (exact) mass is 831 g/mol. The van der Waals surface area contributed by atoms with E-state index in [9.17, 15) is 0 Å². The molecule has 6 nitrogen and oxygen atoms in total. The summed E-state index contributed by atoms with van der Waals surface area (Å²) in [4.78, 5) is 10.7. The second-order valence-corrected chi connectivity index (χ2v) is 17.0. The van der Waals surface area contributed by atoms with Crippen LogP contribution in [0.4, 0.5) is 0 Å². The number of hydrogen-bond donors (Lipinski definition) is 1. The van der Waals surface area contributed by atoms with Crippen LogP contribution in [0.15, 0.2) is 227 Å². The van der Waals surface area contributed by atoms with Gasteiger partial charge in [0.15, 0.2) is 11.4 Å². The van der Waals surface area contributed by atoms with Crippen LogP contribution in [-0.2, 0) is 0 Å². The quantitative estimate of drug-likeness (QED) is 0.188.